The summed E-state index contributed by atoms with van der Waals surface area (Å²) in [6, 6.07) is 15.8. The molecule has 6 nitrogen and oxygen atoms in total. The molecule has 0 saturated carbocycles. The molecular formula is C20H20N6. The summed E-state index contributed by atoms with van der Waals surface area (Å²) in [4.78, 5) is 0. The number of hydrazone groups is 1. The zero-order valence-electron chi connectivity index (χ0n) is 15.0. The maximum Gasteiger partial charge on any atom is 0.127 e. The van der Waals surface area contributed by atoms with Gasteiger partial charge in [-0.15, -0.1) is 0 Å². The number of nitrogens with two attached hydrogens (primary N) is 1. The fourth-order valence-electron chi connectivity index (χ4n) is 3.07. The van der Waals surface area contributed by atoms with Gasteiger partial charge in [0.15, 0.2) is 0 Å². The zero-order chi connectivity index (χ0) is 18.8. The lowest BCUT2D eigenvalue weighted by molar-refractivity contribution is 0.624. The van der Waals surface area contributed by atoms with Gasteiger partial charge in [0.2, 0.25) is 0 Å². The third kappa shape index (κ3) is 2.88. The van der Waals surface area contributed by atoms with Gasteiger partial charge in [-0.05, 0) is 43.7 Å². The smallest absolute Gasteiger partial charge is 0.127 e. The molecule has 0 spiro atoms. The van der Waals surface area contributed by atoms with Crippen LogP contribution in [-0.4, -0.2) is 16.4 Å². The monoisotopic (exact) mass is 344 g/mol. The van der Waals surface area contributed by atoms with Crippen LogP contribution in [0.1, 0.15) is 17.0 Å². The summed E-state index contributed by atoms with van der Waals surface area (Å²) in [6.45, 7) is 4.00. The molecule has 0 aliphatic carbocycles. The van der Waals surface area contributed by atoms with E-state index < -0.39 is 12.1 Å². The van der Waals surface area contributed by atoms with Crippen LogP contribution in [0.3, 0.4) is 0 Å². The highest BCUT2D eigenvalue weighted by molar-refractivity contribution is 6.11. The van der Waals surface area contributed by atoms with E-state index in [1.807, 2.05) is 57.3 Å². The Balaban J connectivity index is 2.06. The fourth-order valence-corrected chi connectivity index (χ4v) is 3.07. The van der Waals surface area contributed by atoms with Gasteiger partial charge in [0.1, 0.15) is 18.2 Å². The predicted molar refractivity (Wildman–Crippen MR) is 102 cm³/mol. The molecular weight excluding hydrogens is 324 g/mol. The van der Waals surface area contributed by atoms with E-state index in [1.54, 1.807) is 11.1 Å². The van der Waals surface area contributed by atoms with Gasteiger partial charge < -0.3 is 10.3 Å². The highest BCUT2D eigenvalue weighted by atomic mass is 15.5. The molecule has 1 aliphatic heterocycles. The second-order valence-electron chi connectivity index (χ2n) is 6.32. The molecule has 1 aromatic carbocycles. The number of nitriles is 2. The lowest BCUT2D eigenvalue weighted by Crippen LogP contribution is -2.40. The number of anilines is 1. The molecule has 2 heterocycles. The summed E-state index contributed by atoms with van der Waals surface area (Å²) in [5.41, 5.74) is 10.9. The lowest BCUT2D eigenvalue weighted by atomic mass is 9.95. The topological polar surface area (TPSA) is 94.1 Å². The second kappa shape index (κ2) is 6.87. The van der Waals surface area contributed by atoms with Crippen LogP contribution in [0.25, 0.3) is 6.08 Å². The molecule has 2 aromatic rings. The molecule has 6 heteroatoms. The number of aromatic nitrogens is 1. The number of benzene rings is 1. The minimum atomic E-state index is -0.675. The first-order chi connectivity index (χ1) is 12.5. The number of allylic oxidation sites excluding steroid dienone is 1. The van der Waals surface area contributed by atoms with E-state index in [9.17, 15) is 10.5 Å². The van der Waals surface area contributed by atoms with Crippen molar-refractivity contribution >= 4 is 17.5 Å². The van der Waals surface area contributed by atoms with Crippen molar-refractivity contribution in [2.24, 2.45) is 23.8 Å². The van der Waals surface area contributed by atoms with Crippen LogP contribution in [0.5, 0.6) is 0 Å². The first kappa shape index (κ1) is 17.5. The quantitative estimate of drug-likeness (QED) is 0.866. The van der Waals surface area contributed by atoms with Gasteiger partial charge >= 0.3 is 0 Å². The number of nitrogens with zero attached hydrogens (tertiary/aromatic N) is 5. The molecule has 3 rings (SSSR count). The van der Waals surface area contributed by atoms with Crippen LogP contribution in [0.2, 0.25) is 0 Å². The van der Waals surface area contributed by atoms with Crippen LogP contribution in [0, 0.1) is 42.4 Å². The number of para-hydroxylation sites is 1. The molecule has 1 aliphatic rings. The van der Waals surface area contributed by atoms with Crippen molar-refractivity contribution in [1.82, 2.24) is 4.57 Å². The van der Waals surface area contributed by atoms with Crippen molar-refractivity contribution in [1.29, 1.82) is 10.5 Å². The molecule has 0 bridgehead atoms. The van der Waals surface area contributed by atoms with Crippen molar-refractivity contribution in [3.8, 4) is 12.1 Å². The Morgan fingerprint density at radius 3 is 2.46 bits per heavy atom. The Morgan fingerprint density at radius 1 is 1.23 bits per heavy atom. The van der Waals surface area contributed by atoms with Gasteiger partial charge in [-0.25, -0.2) is 5.01 Å². The molecule has 0 fully saturated rings. The van der Waals surface area contributed by atoms with Crippen LogP contribution in [-0.2, 0) is 7.05 Å². The van der Waals surface area contributed by atoms with E-state index in [-0.39, 0.29) is 0 Å². The van der Waals surface area contributed by atoms with Crippen molar-refractivity contribution in [3.05, 3.63) is 58.9 Å². The minimum absolute atomic E-state index is 0.360. The second-order valence-corrected chi connectivity index (χ2v) is 6.32. The van der Waals surface area contributed by atoms with E-state index in [0.29, 0.717) is 11.3 Å². The predicted octanol–water partition coefficient (Wildman–Crippen LogP) is 2.85. The van der Waals surface area contributed by atoms with Gasteiger partial charge in [0, 0.05) is 18.4 Å². The maximum absolute atomic E-state index is 9.70. The SMILES string of the molecule is Cc1cc(/C=C(/C#N)C2=NN(c3ccccc3)[C@@H](N)[C@H]2C#N)c(C)n1C. The molecule has 26 heavy (non-hydrogen) atoms. The van der Waals surface area contributed by atoms with E-state index in [4.69, 9.17) is 5.73 Å². The van der Waals surface area contributed by atoms with Crippen molar-refractivity contribution in [2.75, 3.05) is 5.01 Å². The van der Waals surface area contributed by atoms with Gasteiger partial charge in [-0.3, -0.25) is 0 Å². The van der Waals surface area contributed by atoms with Crippen LogP contribution >= 0.6 is 0 Å². The summed E-state index contributed by atoms with van der Waals surface area (Å²) >= 11 is 0. The number of aryl methyl sites for hydroxylation is 1. The highest BCUT2D eigenvalue weighted by Crippen LogP contribution is 2.29. The van der Waals surface area contributed by atoms with E-state index in [2.05, 4.69) is 21.8 Å². The average Bonchev–Trinajstić information content (AvgIpc) is 3.11. The Morgan fingerprint density at radius 2 is 1.92 bits per heavy atom. The zero-order valence-corrected chi connectivity index (χ0v) is 15.0. The Labute approximate surface area is 153 Å². The van der Waals surface area contributed by atoms with E-state index in [0.717, 1.165) is 22.6 Å². The number of hydrogen-bond donors (Lipinski definition) is 1. The van der Waals surface area contributed by atoms with Gasteiger partial charge in [0.05, 0.1) is 23.0 Å². The summed E-state index contributed by atoms with van der Waals surface area (Å²) in [6.07, 6.45) is 1.15. The molecule has 0 unspecified atom stereocenters. The summed E-state index contributed by atoms with van der Waals surface area (Å²) in [5.74, 6) is -0.675. The normalized spacial score (nSPS) is 19.8. The van der Waals surface area contributed by atoms with Crippen molar-refractivity contribution < 1.29 is 0 Å². The van der Waals surface area contributed by atoms with Crippen molar-refractivity contribution in [2.45, 2.75) is 20.0 Å². The molecule has 0 saturated heterocycles. The third-order valence-corrected chi connectivity index (χ3v) is 4.80. The summed E-state index contributed by atoms with van der Waals surface area (Å²) in [7, 11) is 1.98. The minimum Gasteiger partial charge on any atom is -0.352 e. The van der Waals surface area contributed by atoms with Gasteiger partial charge in [0.25, 0.3) is 0 Å². The van der Waals surface area contributed by atoms with Gasteiger partial charge in [-0.1, -0.05) is 18.2 Å². The fraction of sp³-hybridized carbons (Fsp3) is 0.250. The maximum atomic E-state index is 9.70. The van der Waals surface area contributed by atoms with Crippen LogP contribution < -0.4 is 10.7 Å². The average molecular weight is 344 g/mol. The van der Waals surface area contributed by atoms with Crippen LogP contribution in [0.15, 0.2) is 47.1 Å². The van der Waals surface area contributed by atoms with E-state index in [1.165, 1.54) is 0 Å². The molecule has 2 N–H and O–H groups in total. The third-order valence-electron chi connectivity index (χ3n) is 4.80. The summed E-state index contributed by atoms with van der Waals surface area (Å²) < 4.78 is 2.06. The first-order valence-corrected chi connectivity index (χ1v) is 8.31. The van der Waals surface area contributed by atoms with Crippen molar-refractivity contribution in [3.63, 3.8) is 0 Å². The molecule has 2 atom stereocenters. The summed E-state index contributed by atoms with van der Waals surface area (Å²) in [5, 5.41) is 25.4. The highest BCUT2D eigenvalue weighted by Gasteiger charge is 2.37. The Kier molecular flexibility index (Phi) is 4.62. The molecule has 1 aromatic heterocycles. The molecule has 130 valence electrons. The van der Waals surface area contributed by atoms with E-state index >= 15 is 0 Å². The Hall–Kier alpha value is -3.35. The largest absolute Gasteiger partial charge is 0.352 e. The first-order valence-electron chi connectivity index (χ1n) is 8.31. The van der Waals surface area contributed by atoms with Gasteiger partial charge in [-0.2, -0.15) is 15.6 Å². The molecule has 0 radical (unpaired) electrons. The number of hydrogen-bond acceptors (Lipinski definition) is 5. The molecule has 0 amide bonds. The Bertz CT molecular complexity index is 968. The van der Waals surface area contributed by atoms with Crippen LogP contribution in [0.4, 0.5) is 5.69 Å². The lowest BCUT2D eigenvalue weighted by Gasteiger charge is -2.21. The standard InChI is InChI=1S/C20H20N6/c1-13-9-15(14(2)25(13)3)10-16(11-21)19-18(12-22)20(23)26(24-19)17-7-5-4-6-8-17/h4-10,18,20H,23H2,1-3H3/b16-10-/t18-,20+/m0/s1. The number of rotatable bonds is 3.